The average Bonchev–Trinajstić information content (AvgIpc) is 3.00. The Hall–Kier alpha value is -2.28. The Balaban J connectivity index is 1.69. The normalized spacial score (nSPS) is 21.2. The second kappa shape index (κ2) is 6.92. The largest absolute Gasteiger partial charge is 0.269 e. The zero-order chi connectivity index (χ0) is 18.0. The SMILES string of the molecule is CC1C/C(=N\Nc2nc(-c3ccc([N+](=O)[O-])cc3)cs2)CC(C)(C)C1. The number of nitro benzene ring substituents is 1. The molecule has 0 spiro atoms. The quantitative estimate of drug-likeness (QED) is 0.591. The number of hydrogen-bond acceptors (Lipinski definition) is 6. The van der Waals surface area contributed by atoms with Gasteiger partial charge in [-0.25, -0.2) is 4.98 Å². The highest BCUT2D eigenvalue weighted by Gasteiger charge is 2.29. The Morgan fingerprint density at radius 1 is 1.36 bits per heavy atom. The molecule has 0 amide bonds. The van der Waals surface area contributed by atoms with Gasteiger partial charge in [0.1, 0.15) is 0 Å². The van der Waals surface area contributed by atoms with Crippen LogP contribution in [0.4, 0.5) is 10.8 Å². The first-order chi connectivity index (χ1) is 11.8. The summed E-state index contributed by atoms with van der Waals surface area (Å²) in [6.45, 7) is 6.84. The molecular formula is C18H22N4O2S. The second-order valence-electron chi connectivity index (χ2n) is 7.49. The van der Waals surface area contributed by atoms with Crippen molar-refractivity contribution in [2.45, 2.75) is 40.0 Å². The Morgan fingerprint density at radius 3 is 2.72 bits per heavy atom. The maximum Gasteiger partial charge on any atom is 0.269 e. The molecule has 3 rings (SSSR count). The smallest absolute Gasteiger partial charge is 0.258 e. The molecule has 2 aromatic rings. The van der Waals surface area contributed by atoms with Gasteiger partial charge in [-0.2, -0.15) is 5.10 Å². The van der Waals surface area contributed by atoms with E-state index < -0.39 is 4.92 Å². The summed E-state index contributed by atoms with van der Waals surface area (Å²) in [7, 11) is 0. The summed E-state index contributed by atoms with van der Waals surface area (Å²) in [6.07, 6.45) is 3.26. The number of thiazole rings is 1. The molecule has 0 saturated heterocycles. The van der Waals surface area contributed by atoms with Gasteiger partial charge in [0.25, 0.3) is 5.69 Å². The lowest BCUT2D eigenvalue weighted by atomic mass is 9.72. The van der Waals surface area contributed by atoms with Crippen molar-refractivity contribution in [2.24, 2.45) is 16.4 Å². The van der Waals surface area contributed by atoms with Gasteiger partial charge in [-0.3, -0.25) is 15.5 Å². The van der Waals surface area contributed by atoms with Crippen LogP contribution in [-0.2, 0) is 0 Å². The van der Waals surface area contributed by atoms with Crippen molar-refractivity contribution in [3.8, 4) is 11.3 Å². The minimum Gasteiger partial charge on any atom is -0.258 e. The van der Waals surface area contributed by atoms with Crippen LogP contribution in [0.2, 0.25) is 0 Å². The molecule has 0 bridgehead atoms. The lowest BCUT2D eigenvalue weighted by Crippen LogP contribution is -2.28. The summed E-state index contributed by atoms with van der Waals surface area (Å²) in [6, 6.07) is 6.42. The first kappa shape index (κ1) is 17.5. The van der Waals surface area contributed by atoms with Crippen LogP contribution in [0.1, 0.15) is 40.0 Å². The van der Waals surface area contributed by atoms with Crippen molar-refractivity contribution >= 4 is 27.9 Å². The fourth-order valence-electron chi connectivity index (χ4n) is 3.54. The van der Waals surface area contributed by atoms with E-state index in [9.17, 15) is 10.1 Å². The van der Waals surface area contributed by atoms with Gasteiger partial charge >= 0.3 is 0 Å². The molecule has 1 aliphatic carbocycles. The maximum atomic E-state index is 10.7. The van der Waals surface area contributed by atoms with Crippen LogP contribution in [0.5, 0.6) is 0 Å². The highest BCUT2D eigenvalue weighted by molar-refractivity contribution is 7.14. The maximum absolute atomic E-state index is 10.7. The van der Waals surface area contributed by atoms with E-state index in [2.05, 4.69) is 36.3 Å². The van der Waals surface area contributed by atoms with Crippen molar-refractivity contribution < 1.29 is 4.92 Å². The molecule has 132 valence electrons. The lowest BCUT2D eigenvalue weighted by Gasteiger charge is -2.34. The molecule has 1 aromatic heterocycles. The van der Waals surface area contributed by atoms with Crippen LogP contribution in [0.25, 0.3) is 11.3 Å². The summed E-state index contributed by atoms with van der Waals surface area (Å²) in [5, 5.41) is 18.0. The fraction of sp³-hybridized carbons (Fsp3) is 0.444. The molecule has 1 heterocycles. The van der Waals surface area contributed by atoms with Gasteiger partial charge in [0.15, 0.2) is 0 Å². The molecule has 1 saturated carbocycles. The van der Waals surface area contributed by atoms with E-state index in [1.807, 2.05) is 5.38 Å². The van der Waals surface area contributed by atoms with Gasteiger partial charge in [-0.15, -0.1) is 11.3 Å². The van der Waals surface area contributed by atoms with Gasteiger partial charge in [0.05, 0.1) is 10.6 Å². The van der Waals surface area contributed by atoms with Crippen molar-refractivity contribution in [3.63, 3.8) is 0 Å². The van der Waals surface area contributed by atoms with E-state index in [-0.39, 0.29) is 5.69 Å². The summed E-state index contributed by atoms with van der Waals surface area (Å²) in [5.41, 5.74) is 6.30. The molecule has 1 aliphatic rings. The zero-order valence-electron chi connectivity index (χ0n) is 14.7. The van der Waals surface area contributed by atoms with Crippen LogP contribution in [-0.4, -0.2) is 15.6 Å². The average molecular weight is 358 g/mol. The van der Waals surface area contributed by atoms with Crippen molar-refractivity contribution in [1.82, 2.24) is 4.98 Å². The number of nitrogens with one attached hydrogen (secondary N) is 1. The molecule has 0 aliphatic heterocycles. The minimum atomic E-state index is -0.402. The van der Waals surface area contributed by atoms with Gasteiger partial charge in [-0.05, 0) is 42.7 Å². The van der Waals surface area contributed by atoms with Crippen molar-refractivity contribution in [3.05, 3.63) is 39.8 Å². The van der Waals surface area contributed by atoms with E-state index in [0.29, 0.717) is 11.3 Å². The summed E-state index contributed by atoms with van der Waals surface area (Å²) < 4.78 is 0. The third kappa shape index (κ3) is 4.42. The van der Waals surface area contributed by atoms with E-state index >= 15 is 0 Å². The van der Waals surface area contributed by atoms with Gasteiger partial charge in [0.2, 0.25) is 5.13 Å². The molecule has 7 heteroatoms. The topological polar surface area (TPSA) is 80.4 Å². The van der Waals surface area contributed by atoms with E-state index in [1.165, 1.54) is 35.6 Å². The number of hydrogen-bond donors (Lipinski definition) is 1. The van der Waals surface area contributed by atoms with Crippen molar-refractivity contribution in [1.29, 1.82) is 0 Å². The molecule has 0 radical (unpaired) electrons. The van der Waals surface area contributed by atoms with Gasteiger partial charge in [0, 0.05) is 28.8 Å². The van der Waals surface area contributed by atoms with Crippen LogP contribution in [0.3, 0.4) is 0 Å². The van der Waals surface area contributed by atoms with Crippen LogP contribution >= 0.6 is 11.3 Å². The first-order valence-corrected chi connectivity index (χ1v) is 9.22. The number of aromatic nitrogens is 1. The predicted octanol–water partition coefficient (Wildman–Crippen LogP) is 5.33. The van der Waals surface area contributed by atoms with Crippen LogP contribution < -0.4 is 5.43 Å². The molecule has 1 unspecified atom stereocenters. The highest BCUT2D eigenvalue weighted by Crippen LogP contribution is 2.37. The Kier molecular flexibility index (Phi) is 4.85. The zero-order valence-corrected chi connectivity index (χ0v) is 15.5. The van der Waals surface area contributed by atoms with Crippen molar-refractivity contribution in [2.75, 3.05) is 5.43 Å². The number of benzene rings is 1. The highest BCUT2D eigenvalue weighted by atomic mass is 32.1. The Labute approximate surface area is 151 Å². The standard InChI is InChI=1S/C18H22N4O2S/c1-12-8-14(10-18(2,3)9-12)20-21-17-19-16(11-25-17)13-4-6-15(7-5-13)22(23)24/h4-7,11-12H,8-10H2,1-3H3,(H,19,21)/b20-14+. The first-order valence-electron chi connectivity index (χ1n) is 8.34. The van der Waals surface area contributed by atoms with Crippen LogP contribution in [0, 0.1) is 21.4 Å². The number of non-ortho nitro benzene ring substituents is 1. The van der Waals surface area contributed by atoms with Gasteiger partial charge < -0.3 is 0 Å². The van der Waals surface area contributed by atoms with E-state index in [0.717, 1.165) is 29.2 Å². The number of hydrazone groups is 1. The minimum absolute atomic E-state index is 0.0813. The number of nitro groups is 1. The van der Waals surface area contributed by atoms with E-state index in [4.69, 9.17) is 0 Å². The summed E-state index contributed by atoms with van der Waals surface area (Å²) in [4.78, 5) is 14.8. The molecule has 1 aromatic carbocycles. The Bertz CT molecular complexity index is 796. The molecule has 1 N–H and O–H groups in total. The molecule has 1 atom stereocenters. The molecular weight excluding hydrogens is 336 g/mol. The monoisotopic (exact) mass is 358 g/mol. The summed E-state index contributed by atoms with van der Waals surface area (Å²) in [5.74, 6) is 0.649. The number of nitrogens with zero attached hydrogens (tertiary/aromatic N) is 3. The third-order valence-corrected chi connectivity index (χ3v) is 5.10. The van der Waals surface area contributed by atoms with E-state index in [1.54, 1.807) is 12.1 Å². The second-order valence-corrected chi connectivity index (χ2v) is 8.34. The predicted molar refractivity (Wildman–Crippen MR) is 102 cm³/mol. The van der Waals surface area contributed by atoms with Crippen LogP contribution in [0.15, 0.2) is 34.7 Å². The lowest BCUT2D eigenvalue weighted by molar-refractivity contribution is -0.384. The summed E-state index contributed by atoms with van der Waals surface area (Å²) >= 11 is 1.48. The molecule has 6 nitrogen and oxygen atoms in total. The molecule has 1 fully saturated rings. The fourth-order valence-corrected chi connectivity index (χ4v) is 4.20. The number of rotatable bonds is 4. The molecule has 25 heavy (non-hydrogen) atoms. The van der Waals surface area contributed by atoms with Gasteiger partial charge in [-0.1, -0.05) is 20.8 Å². The third-order valence-electron chi connectivity index (χ3n) is 4.36. The Morgan fingerprint density at radius 2 is 2.08 bits per heavy atom. The number of anilines is 1.